The van der Waals surface area contributed by atoms with E-state index in [1.807, 2.05) is 0 Å². The number of ether oxygens (including phenoxy) is 2. The first-order chi connectivity index (χ1) is 12.0. The first kappa shape index (κ1) is 24.6. The van der Waals surface area contributed by atoms with Crippen LogP contribution in [0.15, 0.2) is 12.1 Å². The van der Waals surface area contributed by atoms with Crippen molar-refractivity contribution in [2.24, 2.45) is 11.8 Å². The molecular formula is C20H29ClINO2U. The molecule has 0 radical (unpaired) electrons. The van der Waals surface area contributed by atoms with E-state index in [1.165, 1.54) is 39.4 Å². The zero-order valence-electron chi connectivity index (χ0n) is 16.1. The number of fused-ring (bicyclic) bond motifs is 3. The molecule has 0 saturated carbocycles. The van der Waals surface area contributed by atoms with Gasteiger partial charge in [-0.05, 0) is 0 Å². The van der Waals surface area contributed by atoms with Crippen molar-refractivity contribution in [3.63, 3.8) is 0 Å². The van der Waals surface area contributed by atoms with Gasteiger partial charge >= 0.3 is 174 Å². The smallest absolute Gasteiger partial charge is 0.503 e. The summed E-state index contributed by atoms with van der Waals surface area (Å²) >= 11 is 3.55. The Morgan fingerprint density at radius 1 is 1.31 bits per heavy atom. The van der Waals surface area contributed by atoms with Crippen molar-refractivity contribution in [3.05, 3.63) is 29.7 Å². The number of rotatable bonds is 4. The molecule has 0 bridgehead atoms. The molecule has 1 N–H and O–H groups in total. The van der Waals surface area contributed by atoms with Crippen LogP contribution < -0.4 is 9.47 Å². The third-order valence-corrected chi connectivity index (χ3v) is 12.3. The van der Waals surface area contributed by atoms with Gasteiger partial charge in [-0.1, -0.05) is 0 Å². The first-order valence-electron chi connectivity index (χ1n) is 8.74. The number of halogens is 2. The number of benzene rings is 1. The molecule has 3 nitrogen and oxygen atoms in total. The number of aryl methyl sites for hydroxylation is 1. The maximum atomic E-state index is 5.72. The molecule has 0 aromatic heterocycles. The topological polar surface area (TPSA) is 42.3 Å². The van der Waals surface area contributed by atoms with Crippen LogP contribution in [0, 0.1) is 54.8 Å². The quantitative estimate of drug-likeness (QED) is 0.186. The predicted molar refractivity (Wildman–Crippen MR) is 115 cm³/mol. The molecule has 2 aliphatic heterocycles. The number of methoxy groups -OCH3 is 2. The molecule has 0 spiro atoms. The van der Waals surface area contributed by atoms with E-state index in [1.54, 1.807) is 19.8 Å². The number of hydrogen-bond acceptors (Lipinski definition) is 3. The minimum absolute atomic E-state index is 0. The van der Waals surface area contributed by atoms with Crippen LogP contribution in [0.1, 0.15) is 41.7 Å². The summed E-state index contributed by atoms with van der Waals surface area (Å²) in [5, 5.41) is 5.72. The van der Waals surface area contributed by atoms with E-state index >= 15 is 0 Å². The van der Waals surface area contributed by atoms with Crippen LogP contribution in [0.4, 0.5) is 0 Å². The van der Waals surface area contributed by atoms with Gasteiger partial charge < -0.3 is 22.7 Å². The third kappa shape index (κ3) is 6.29. The van der Waals surface area contributed by atoms with Crippen molar-refractivity contribution in [1.82, 2.24) is 0 Å². The molecule has 3 rings (SSSR count). The van der Waals surface area contributed by atoms with Crippen LogP contribution in [0.25, 0.3) is 0 Å². The number of hydrogen-bond donors (Lipinski definition) is 1. The van der Waals surface area contributed by atoms with Gasteiger partial charge in [0.15, 0.2) is 0 Å². The molecule has 6 heteroatoms. The second-order valence-corrected chi connectivity index (χ2v) is 13.4. The largest absolute Gasteiger partial charge is 2.00 e. The van der Waals surface area contributed by atoms with E-state index in [4.69, 9.17) is 14.9 Å². The Morgan fingerprint density at radius 3 is 2.50 bits per heavy atom. The maximum Gasteiger partial charge on any atom is 2.00 e. The molecule has 2 heterocycles. The fourth-order valence-corrected chi connectivity index (χ4v) is 11.6. The molecule has 2 atom stereocenters. The van der Waals surface area contributed by atoms with Gasteiger partial charge in [-0.15, -0.1) is 0 Å². The van der Waals surface area contributed by atoms with Crippen LogP contribution in [0.3, 0.4) is 0 Å². The Kier molecular flexibility index (Phi) is 11.5. The van der Waals surface area contributed by atoms with Gasteiger partial charge in [0.05, 0.1) is 0 Å². The van der Waals surface area contributed by atoms with Crippen molar-refractivity contribution < 1.29 is 40.6 Å². The van der Waals surface area contributed by atoms with Gasteiger partial charge in [-0.2, -0.15) is 0 Å². The van der Waals surface area contributed by atoms with Gasteiger partial charge in [0.1, 0.15) is 0 Å². The zero-order chi connectivity index (χ0) is 18.4. The predicted octanol–water partition coefficient (Wildman–Crippen LogP) is 5.79. The van der Waals surface area contributed by atoms with E-state index in [-0.39, 0.29) is 31.1 Å². The Hall–Kier alpha value is 0.562. The molecule has 1 aromatic rings. The van der Waals surface area contributed by atoms with E-state index in [9.17, 15) is 0 Å². The van der Waals surface area contributed by atoms with Gasteiger partial charge in [0, 0.05) is 0 Å². The molecular weight excluding hydrogens is 687 g/mol. The van der Waals surface area contributed by atoms with E-state index < -0.39 is 19.8 Å². The molecule has 144 valence electrons. The van der Waals surface area contributed by atoms with Crippen molar-refractivity contribution in [2.45, 2.75) is 37.0 Å². The van der Waals surface area contributed by atoms with Gasteiger partial charge in [0.25, 0.3) is 0 Å². The molecule has 2 unspecified atom stereocenters. The van der Waals surface area contributed by atoms with Gasteiger partial charge in [-0.3, -0.25) is 0 Å². The van der Waals surface area contributed by atoms with Crippen LogP contribution in [0.5, 0.6) is 11.5 Å². The molecule has 2 aliphatic rings. The molecule has 1 saturated heterocycles. The Bertz CT molecular complexity index is 585. The first-order valence-corrected chi connectivity index (χ1v) is 13.4. The van der Waals surface area contributed by atoms with Gasteiger partial charge in [0.2, 0.25) is 0 Å². The average Bonchev–Trinajstić information content (AvgIpc) is 2.60. The summed E-state index contributed by atoms with van der Waals surface area (Å²) in [5.74, 6) is 3.52. The van der Waals surface area contributed by atoms with Crippen LogP contribution >= 0.6 is 31.4 Å². The monoisotopic (exact) mass is 715 g/mol. The Balaban J connectivity index is 0.000000791. The molecule has 26 heavy (non-hydrogen) atoms. The normalized spacial score (nSPS) is 22.2. The summed E-state index contributed by atoms with van der Waals surface area (Å²) in [6.07, 6.45) is 6.57. The van der Waals surface area contributed by atoms with E-state index in [0.717, 1.165) is 27.3 Å². The summed E-state index contributed by atoms with van der Waals surface area (Å²) in [4.78, 5) is 0. The summed E-state index contributed by atoms with van der Waals surface area (Å²) in [6.45, 7) is 4.72. The molecule has 0 amide bonds. The fraction of sp³-hybridized carbons (Fsp3) is 0.600. The van der Waals surface area contributed by atoms with Crippen molar-refractivity contribution in [2.75, 3.05) is 23.1 Å². The minimum atomic E-state index is -0.865. The van der Waals surface area contributed by atoms with Crippen LogP contribution in [-0.2, 0) is 6.42 Å². The Morgan fingerprint density at radius 2 is 1.92 bits per heavy atom. The number of nitrogens with one attached hydrogen (secondary N) is 1. The Labute approximate surface area is 194 Å². The van der Waals surface area contributed by atoms with Crippen LogP contribution in [-0.4, -0.2) is 28.7 Å². The fourth-order valence-electron chi connectivity index (χ4n) is 3.80. The maximum absolute atomic E-state index is 5.72. The van der Waals surface area contributed by atoms with E-state index in [0.29, 0.717) is 0 Å². The molecule has 1 fully saturated rings. The SMILES string of the molecule is COc1cc2c(cc1OC)C1C[CH-]C(CC(C)C)CI1CC2.N=[C-]Cl.[U+2]. The molecule has 0 aliphatic carbocycles. The van der Waals surface area contributed by atoms with Gasteiger partial charge in [-0.25, -0.2) is 0 Å². The van der Waals surface area contributed by atoms with Crippen molar-refractivity contribution in [3.8, 4) is 11.5 Å². The second-order valence-electron chi connectivity index (χ2n) is 6.92. The standard InChI is InChI=1S/C19H28IO2.CHClN.U/c1-13(2)9-14-5-6-17-16-11-19(22-4)18(21-3)10-15(16)7-8-20(17)12-14;2-1-3;/h5,10-11,13-14,17H,6-9,12H2,1-4H3;3H;/q2*-1;+2. The van der Waals surface area contributed by atoms with E-state index in [2.05, 4.69) is 44.0 Å². The summed E-state index contributed by atoms with van der Waals surface area (Å²) in [6, 6.07) is 4.50. The van der Waals surface area contributed by atoms with Crippen molar-refractivity contribution in [1.29, 1.82) is 5.41 Å². The summed E-state index contributed by atoms with van der Waals surface area (Å²) in [7, 11) is 3.48. The summed E-state index contributed by atoms with van der Waals surface area (Å²) < 4.78 is 14.9. The van der Waals surface area contributed by atoms with Crippen molar-refractivity contribution >= 4 is 37.1 Å². The zero-order valence-corrected chi connectivity index (χ0v) is 23.1. The molecule has 1 aromatic carbocycles. The summed E-state index contributed by atoms with van der Waals surface area (Å²) in [5.41, 5.74) is 4.56. The third-order valence-electron chi connectivity index (χ3n) is 4.81. The second kappa shape index (κ2) is 12.2. The number of alkyl halides is 3. The minimum Gasteiger partial charge on any atom is -0.503 e. The average molecular weight is 716 g/mol. The van der Waals surface area contributed by atoms with Crippen LogP contribution in [0.2, 0.25) is 0 Å².